The molecule has 0 spiro atoms. The number of ketones is 1. The van der Waals surface area contributed by atoms with Crippen LogP contribution < -0.4 is 5.73 Å². The number of rotatable bonds is 12. The zero-order chi connectivity index (χ0) is 32.0. The first-order chi connectivity index (χ1) is 20.9. The van der Waals surface area contributed by atoms with E-state index in [4.69, 9.17) is 10.5 Å². The molecule has 1 aliphatic rings. The van der Waals surface area contributed by atoms with Crippen molar-refractivity contribution in [2.24, 2.45) is 16.6 Å². The molecule has 4 rings (SSSR count). The molecule has 44 heavy (non-hydrogen) atoms. The van der Waals surface area contributed by atoms with Gasteiger partial charge in [-0.2, -0.15) is 0 Å². The van der Waals surface area contributed by atoms with Gasteiger partial charge in [-0.3, -0.25) is 14.4 Å². The lowest BCUT2D eigenvalue weighted by Crippen LogP contribution is -2.52. The molecule has 0 aliphatic heterocycles. The number of carbonyl (C=O) groups is 3. The predicted molar refractivity (Wildman–Crippen MR) is 177 cm³/mol. The van der Waals surface area contributed by atoms with E-state index < -0.39 is 22.4 Å². The van der Waals surface area contributed by atoms with Crippen molar-refractivity contribution >= 4 is 28.4 Å². The van der Waals surface area contributed by atoms with E-state index in [0.29, 0.717) is 51.6 Å². The van der Waals surface area contributed by atoms with Gasteiger partial charge in [0, 0.05) is 24.4 Å². The standard InChI is InChI=1S/C38H48N2O4/c1-6-44-35(43)38(27-28-13-8-7-9-14-28)23-21-37(4,22-24-38)34(42)32(40(5)33(41)17-12-20-36(2,3)39)26-29-18-19-30-15-10-11-16-31(30)25-29/h7-19,25,32H,6,20-24,26-27,39H2,1-5H3/b17-12+/t32-,37?,38?/m1/s1. The predicted octanol–water partition coefficient (Wildman–Crippen LogP) is 6.83. The Balaban J connectivity index is 1.61. The number of Topliss-reactive ketones (excluding diaryl/α,β-unsaturated/α-hetero) is 1. The van der Waals surface area contributed by atoms with Gasteiger partial charge in [0.05, 0.1) is 18.1 Å². The summed E-state index contributed by atoms with van der Waals surface area (Å²) in [6.45, 7) is 7.98. The van der Waals surface area contributed by atoms with E-state index in [1.165, 1.54) is 6.08 Å². The maximum atomic E-state index is 14.6. The van der Waals surface area contributed by atoms with Crippen molar-refractivity contribution in [2.45, 2.75) is 84.2 Å². The molecule has 0 saturated heterocycles. The minimum atomic E-state index is -0.689. The molecule has 6 nitrogen and oxygen atoms in total. The quantitative estimate of drug-likeness (QED) is 0.183. The van der Waals surface area contributed by atoms with Crippen LogP contribution in [0.5, 0.6) is 0 Å². The molecule has 1 atom stereocenters. The maximum absolute atomic E-state index is 14.6. The van der Waals surface area contributed by atoms with E-state index in [1.807, 2.05) is 76.2 Å². The van der Waals surface area contributed by atoms with Gasteiger partial charge in [-0.25, -0.2) is 0 Å². The molecule has 1 saturated carbocycles. The number of carbonyl (C=O) groups excluding carboxylic acids is 3. The number of esters is 1. The average Bonchev–Trinajstić information content (AvgIpc) is 3.00. The summed E-state index contributed by atoms with van der Waals surface area (Å²) in [5.74, 6) is -0.379. The molecule has 1 aliphatic carbocycles. The summed E-state index contributed by atoms with van der Waals surface area (Å²) in [6, 6.07) is 23.7. The monoisotopic (exact) mass is 596 g/mol. The molecule has 0 heterocycles. The lowest BCUT2D eigenvalue weighted by molar-refractivity contribution is -0.161. The molecule has 2 N–H and O–H groups in total. The Labute approximate surface area is 262 Å². The van der Waals surface area contributed by atoms with Gasteiger partial charge in [0.15, 0.2) is 5.78 Å². The van der Waals surface area contributed by atoms with Gasteiger partial charge in [-0.05, 0) is 87.3 Å². The molecule has 0 unspecified atom stereocenters. The van der Waals surface area contributed by atoms with Crippen LogP contribution in [0.3, 0.4) is 0 Å². The van der Waals surface area contributed by atoms with Crippen molar-refractivity contribution < 1.29 is 19.1 Å². The summed E-state index contributed by atoms with van der Waals surface area (Å²) in [5, 5.41) is 2.23. The highest BCUT2D eigenvalue weighted by Gasteiger charge is 2.50. The van der Waals surface area contributed by atoms with Crippen molar-refractivity contribution in [2.75, 3.05) is 13.7 Å². The molecule has 1 amide bonds. The van der Waals surface area contributed by atoms with Crippen LogP contribution in [0.25, 0.3) is 10.8 Å². The van der Waals surface area contributed by atoms with Crippen LogP contribution in [0.1, 0.15) is 70.9 Å². The SMILES string of the molecule is CCOC(=O)C1(Cc2ccccc2)CCC(C)(C(=O)[C@@H](Cc2ccc3ccccc3c2)N(C)C(=O)/C=C/CC(C)(C)N)CC1. The van der Waals surface area contributed by atoms with Crippen molar-refractivity contribution in [3.05, 3.63) is 96.1 Å². The second-order valence-electron chi connectivity index (χ2n) is 13.5. The highest BCUT2D eigenvalue weighted by atomic mass is 16.5. The first-order valence-corrected chi connectivity index (χ1v) is 15.8. The Hall–Kier alpha value is -3.77. The number of hydrogen-bond donors (Lipinski definition) is 1. The van der Waals surface area contributed by atoms with E-state index in [2.05, 4.69) is 24.3 Å². The molecule has 0 aromatic heterocycles. The molecule has 0 bridgehead atoms. The molecular weight excluding hydrogens is 548 g/mol. The van der Waals surface area contributed by atoms with Crippen molar-refractivity contribution in [3.63, 3.8) is 0 Å². The van der Waals surface area contributed by atoms with Crippen LogP contribution in [-0.4, -0.2) is 47.8 Å². The number of amides is 1. The minimum absolute atomic E-state index is 0.0335. The van der Waals surface area contributed by atoms with Crippen LogP contribution in [-0.2, 0) is 32.0 Å². The topological polar surface area (TPSA) is 89.7 Å². The number of likely N-dealkylation sites (N-methyl/N-ethyl adjacent to an activating group) is 1. The Morgan fingerprint density at radius 2 is 1.57 bits per heavy atom. The van der Waals surface area contributed by atoms with Gasteiger partial charge < -0.3 is 15.4 Å². The van der Waals surface area contributed by atoms with E-state index in [0.717, 1.165) is 21.9 Å². The van der Waals surface area contributed by atoms with Crippen molar-refractivity contribution in [3.8, 4) is 0 Å². The Bertz CT molecular complexity index is 1480. The number of ether oxygens (including phenoxy) is 1. The van der Waals surface area contributed by atoms with E-state index in [9.17, 15) is 14.4 Å². The zero-order valence-corrected chi connectivity index (χ0v) is 27.0. The molecule has 6 heteroatoms. The molecule has 0 radical (unpaired) electrons. The summed E-state index contributed by atoms with van der Waals surface area (Å²) in [5.41, 5.74) is 6.40. The van der Waals surface area contributed by atoms with Gasteiger partial charge in [0.1, 0.15) is 0 Å². The number of hydrogen-bond acceptors (Lipinski definition) is 5. The third kappa shape index (κ3) is 8.03. The number of nitrogens with two attached hydrogens (primary N) is 1. The molecule has 3 aromatic carbocycles. The largest absolute Gasteiger partial charge is 0.466 e. The summed E-state index contributed by atoms with van der Waals surface area (Å²) < 4.78 is 5.58. The lowest BCUT2D eigenvalue weighted by atomic mass is 9.60. The summed E-state index contributed by atoms with van der Waals surface area (Å²) in [6.07, 6.45) is 7.05. The molecular formula is C38H48N2O4. The summed E-state index contributed by atoms with van der Waals surface area (Å²) >= 11 is 0. The van der Waals surface area contributed by atoms with Gasteiger partial charge in [-0.15, -0.1) is 0 Å². The van der Waals surface area contributed by atoms with Gasteiger partial charge in [0.25, 0.3) is 0 Å². The van der Waals surface area contributed by atoms with Crippen LogP contribution in [0.15, 0.2) is 84.9 Å². The van der Waals surface area contributed by atoms with E-state index in [-0.39, 0.29) is 17.7 Å². The van der Waals surface area contributed by atoms with Crippen LogP contribution >= 0.6 is 0 Å². The first kappa shape index (κ1) is 33.1. The Morgan fingerprint density at radius 3 is 2.20 bits per heavy atom. The highest BCUT2D eigenvalue weighted by molar-refractivity contribution is 5.96. The van der Waals surface area contributed by atoms with Gasteiger partial charge in [0.2, 0.25) is 5.91 Å². The smallest absolute Gasteiger partial charge is 0.312 e. The van der Waals surface area contributed by atoms with E-state index >= 15 is 0 Å². The fourth-order valence-electron chi connectivity index (χ4n) is 6.38. The minimum Gasteiger partial charge on any atom is -0.466 e. The van der Waals surface area contributed by atoms with E-state index in [1.54, 1.807) is 18.0 Å². The van der Waals surface area contributed by atoms with Gasteiger partial charge >= 0.3 is 5.97 Å². The zero-order valence-electron chi connectivity index (χ0n) is 27.0. The maximum Gasteiger partial charge on any atom is 0.312 e. The highest BCUT2D eigenvalue weighted by Crippen LogP contribution is 2.49. The molecule has 3 aromatic rings. The van der Waals surface area contributed by atoms with Gasteiger partial charge in [-0.1, -0.05) is 85.8 Å². The second-order valence-corrected chi connectivity index (χ2v) is 13.5. The normalized spacial score (nSPS) is 21.2. The third-order valence-corrected chi connectivity index (χ3v) is 9.26. The second kappa shape index (κ2) is 13.9. The van der Waals surface area contributed by atoms with Crippen LogP contribution in [0, 0.1) is 10.8 Å². The van der Waals surface area contributed by atoms with Crippen molar-refractivity contribution in [1.29, 1.82) is 0 Å². The molecule has 1 fully saturated rings. The summed E-state index contributed by atoms with van der Waals surface area (Å²) in [4.78, 5) is 43.0. The Kier molecular flexibility index (Phi) is 10.5. The van der Waals surface area contributed by atoms with Crippen molar-refractivity contribution in [1.82, 2.24) is 4.90 Å². The fraction of sp³-hybridized carbons (Fsp3) is 0.447. The summed E-state index contributed by atoms with van der Waals surface area (Å²) in [7, 11) is 1.72. The van der Waals surface area contributed by atoms with Crippen LogP contribution in [0.2, 0.25) is 0 Å². The number of benzene rings is 3. The molecule has 234 valence electrons. The third-order valence-electron chi connectivity index (χ3n) is 9.26. The number of fused-ring (bicyclic) bond motifs is 1. The Morgan fingerprint density at radius 1 is 0.932 bits per heavy atom. The fourth-order valence-corrected chi connectivity index (χ4v) is 6.38. The lowest BCUT2D eigenvalue weighted by Gasteiger charge is -2.44. The van der Waals surface area contributed by atoms with Crippen LogP contribution in [0.4, 0.5) is 0 Å². The average molecular weight is 597 g/mol. The number of nitrogens with zero attached hydrogens (tertiary/aromatic N) is 1. The first-order valence-electron chi connectivity index (χ1n) is 15.8.